The Morgan fingerprint density at radius 2 is 2.31 bits per heavy atom. The SMILES string of the molecule is COc1ccc(O)c(CC(=O)Cl)c1. The Morgan fingerprint density at radius 1 is 1.62 bits per heavy atom. The van der Waals surface area contributed by atoms with E-state index in [1.54, 1.807) is 12.1 Å². The molecule has 3 nitrogen and oxygen atoms in total. The van der Waals surface area contributed by atoms with Crippen LogP contribution in [0.3, 0.4) is 0 Å². The lowest BCUT2D eigenvalue weighted by Crippen LogP contribution is -1.94. The molecule has 0 bridgehead atoms. The third-order valence-electron chi connectivity index (χ3n) is 1.62. The predicted octanol–water partition coefficient (Wildman–Crippen LogP) is 1.71. The van der Waals surface area contributed by atoms with Gasteiger partial charge in [-0.15, -0.1) is 0 Å². The van der Waals surface area contributed by atoms with Crippen molar-refractivity contribution >= 4 is 16.8 Å². The number of methoxy groups -OCH3 is 1. The summed E-state index contributed by atoms with van der Waals surface area (Å²) < 4.78 is 4.93. The fourth-order valence-corrected chi connectivity index (χ4v) is 1.12. The highest BCUT2D eigenvalue weighted by Crippen LogP contribution is 2.23. The average molecular weight is 201 g/mol. The molecule has 0 fully saturated rings. The maximum Gasteiger partial charge on any atom is 0.226 e. The summed E-state index contributed by atoms with van der Waals surface area (Å²) in [6.45, 7) is 0. The highest BCUT2D eigenvalue weighted by Gasteiger charge is 2.06. The summed E-state index contributed by atoms with van der Waals surface area (Å²) in [5.41, 5.74) is 0.472. The van der Waals surface area contributed by atoms with E-state index in [1.165, 1.54) is 13.2 Å². The van der Waals surface area contributed by atoms with Gasteiger partial charge in [-0.25, -0.2) is 0 Å². The fourth-order valence-electron chi connectivity index (χ4n) is 0.980. The van der Waals surface area contributed by atoms with Crippen molar-refractivity contribution in [3.05, 3.63) is 23.8 Å². The molecule has 0 spiro atoms. The van der Waals surface area contributed by atoms with Crippen molar-refractivity contribution in [1.82, 2.24) is 0 Å². The van der Waals surface area contributed by atoms with Crippen LogP contribution in [0, 0.1) is 0 Å². The summed E-state index contributed by atoms with van der Waals surface area (Å²) in [6, 6.07) is 4.65. The number of rotatable bonds is 3. The highest BCUT2D eigenvalue weighted by atomic mass is 35.5. The van der Waals surface area contributed by atoms with Crippen LogP contribution in [0.2, 0.25) is 0 Å². The molecule has 0 aromatic heterocycles. The van der Waals surface area contributed by atoms with Gasteiger partial charge in [0.25, 0.3) is 0 Å². The molecular weight excluding hydrogens is 192 g/mol. The largest absolute Gasteiger partial charge is 0.508 e. The van der Waals surface area contributed by atoms with Gasteiger partial charge in [-0.2, -0.15) is 0 Å². The van der Waals surface area contributed by atoms with Crippen molar-refractivity contribution in [2.24, 2.45) is 0 Å². The zero-order valence-electron chi connectivity index (χ0n) is 7.08. The number of hydrogen-bond donors (Lipinski definition) is 1. The quantitative estimate of drug-likeness (QED) is 0.756. The Hall–Kier alpha value is -1.22. The fraction of sp³-hybridized carbons (Fsp3) is 0.222. The van der Waals surface area contributed by atoms with Crippen molar-refractivity contribution in [1.29, 1.82) is 0 Å². The van der Waals surface area contributed by atoms with Gasteiger partial charge in [0.05, 0.1) is 13.5 Å². The normalized spacial score (nSPS) is 9.69. The standard InChI is InChI=1S/C9H9ClO3/c1-13-7-2-3-8(11)6(4-7)5-9(10)12/h2-4,11H,5H2,1H3. The van der Waals surface area contributed by atoms with Crippen LogP contribution in [0.1, 0.15) is 5.56 Å². The number of hydrogen-bond acceptors (Lipinski definition) is 3. The number of phenolic OH excluding ortho intramolecular Hbond substituents is 1. The average Bonchev–Trinajstić information content (AvgIpc) is 2.08. The lowest BCUT2D eigenvalue weighted by molar-refractivity contribution is -0.111. The van der Waals surface area contributed by atoms with Crippen LogP contribution < -0.4 is 4.74 Å². The van der Waals surface area contributed by atoms with Gasteiger partial charge in [-0.3, -0.25) is 4.79 Å². The first-order valence-corrected chi connectivity index (χ1v) is 4.05. The second kappa shape index (κ2) is 4.14. The zero-order chi connectivity index (χ0) is 9.84. The molecule has 0 saturated carbocycles. The van der Waals surface area contributed by atoms with E-state index in [9.17, 15) is 9.90 Å². The smallest absolute Gasteiger partial charge is 0.226 e. The molecular formula is C9H9ClO3. The van der Waals surface area contributed by atoms with Gasteiger partial charge in [-0.1, -0.05) is 0 Å². The Labute approximate surface area is 80.9 Å². The van der Waals surface area contributed by atoms with E-state index >= 15 is 0 Å². The number of benzene rings is 1. The van der Waals surface area contributed by atoms with Gasteiger partial charge in [0.2, 0.25) is 5.24 Å². The summed E-state index contributed by atoms with van der Waals surface area (Å²) in [5.74, 6) is 0.639. The summed E-state index contributed by atoms with van der Waals surface area (Å²) in [4.78, 5) is 10.6. The minimum absolute atomic E-state index is 0.00455. The highest BCUT2D eigenvalue weighted by molar-refractivity contribution is 6.63. The van der Waals surface area contributed by atoms with E-state index in [2.05, 4.69) is 0 Å². The van der Waals surface area contributed by atoms with Gasteiger partial charge < -0.3 is 9.84 Å². The second-order valence-corrected chi connectivity index (χ2v) is 2.95. The molecule has 0 unspecified atom stereocenters. The minimum Gasteiger partial charge on any atom is -0.508 e. The zero-order valence-corrected chi connectivity index (χ0v) is 7.84. The molecule has 0 aliphatic heterocycles. The van der Waals surface area contributed by atoms with Crippen LogP contribution in [-0.2, 0) is 11.2 Å². The van der Waals surface area contributed by atoms with Gasteiger partial charge in [0, 0.05) is 5.56 Å². The van der Waals surface area contributed by atoms with E-state index in [1.807, 2.05) is 0 Å². The summed E-state index contributed by atoms with van der Waals surface area (Å²) in [7, 11) is 1.51. The van der Waals surface area contributed by atoms with Crippen molar-refractivity contribution in [2.45, 2.75) is 6.42 Å². The molecule has 0 aliphatic carbocycles. The minimum atomic E-state index is -0.511. The molecule has 0 aliphatic rings. The molecule has 1 N–H and O–H groups in total. The van der Waals surface area contributed by atoms with Crippen molar-refractivity contribution in [3.8, 4) is 11.5 Å². The van der Waals surface area contributed by atoms with Crippen LogP contribution in [0.15, 0.2) is 18.2 Å². The van der Waals surface area contributed by atoms with Gasteiger partial charge in [-0.05, 0) is 29.8 Å². The molecule has 1 rings (SSSR count). The van der Waals surface area contributed by atoms with E-state index in [-0.39, 0.29) is 12.2 Å². The molecule has 70 valence electrons. The van der Waals surface area contributed by atoms with Crippen molar-refractivity contribution < 1.29 is 14.6 Å². The lowest BCUT2D eigenvalue weighted by atomic mass is 10.1. The maximum absolute atomic E-state index is 10.6. The van der Waals surface area contributed by atoms with Gasteiger partial charge in [0.1, 0.15) is 11.5 Å². The molecule has 1 aromatic rings. The molecule has 0 heterocycles. The maximum atomic E-state index is 10.6. The topological polar surface area (TPSA) is 46.5 Å². The molecule has 0 atom stereocenters. The first kappa shape index (κ1) is 9.86. The third-order valence-corrected chi connectivity index (χ3v) is 1.75. The molecule has 13 heavy (non-hydrogen) atoms. The van der Waals surface area contributed by atoms with Gasteiger partial charge >= 0.3 is 0 Å². The molecule has 0 radical (unpaired) electrons. The first-order chi connectivity index (χ1) is 6.13. The molecule has 4 heteroatoms. The monoisotopic (exact) mass is 200 g/mol. The van der Waals surface area contributed by atoms with Gasteiger partial charge in [0.15, 0.2) is 0 Å². The van der Waals surface area contributed by atoms with E-state index < -0.39 is 5.24 Å². The number of ether oxygens (including phenoxy) is 1. The third kappa shape index (κ3) is 2.63. The predicted molar refractivity (Wildman–Crippen MR) is 49.2 cm³/mol. The second-order valence-electron chi connectivity index (χ2n) is 2.53. The number of aromatic hydroxyl groups is 1. The molecule has 1 aromatic carbocycles. The number of halogens is 1. The van der Waals surface area contributed by atoms with Crippen molar-refractivity contribution in [3.63, 3.8) is 0 Å². The number of carbonyl (C=O) groups is 1. The van der Waals surface area contributed by atoms with E-state index in [0.717, 1.165) is 0 Å². The summed E-state index contributed by atoms with van der Waals surface area (Å²) in [5, 5.41) is 8.80. The molecule has 0 amide bonds. The lowest BCUT2D eigenvalue weighted by Gasteiger charge is -2.04. The first-order valence-electron chi connectivity index (χ1n) is 3.67. The van der Waals surface area contributed by atoms with Crippen LogP contribution in [0.5, 0.6) is 11.5 Å². The number of phenols is 1. The Morgan fingerprint density at radius 3 is 2.85 bits per heavy atom. The summed E-state index contributed by atoms with van der Waals surface area (Å²) in [6.07, 6.45) is 0.00455. The number of carbonyl (C=O) groups excluding carboxylic acids is 1. The van der Waals surface area contributed by atoms with E-state index in [4.69, 9.17) is 16.3 Å². The Kier molecular flexibility index (Phi) is 3.14. The Balaban J connectivity index is 2.96. The van der Waals surface area contributed by atoms with Crippen LogP contribution in [0.25, 0.3) is 0 Å². The van der Waals surface area contributed by atoms with E-state index in [0.29, 0.717) is 11.3 Å². The van der Waals surface area contributed by atoms with Crippen LogP contribution in [-0.4, -0.2) is 17.5 Å². The molecule has 0 saturated heterocycles. The van der Waals surface area contributed by atoms with Crippen molar-refractivity contribution in [2.75, 3.05) is 7.11 Å². The van der Waals surface area contributed by atoms with Crippen LogP contribution >= 0.6 is 11.6 Å². The van der Waals surface area contributed by atoms with Crippen LogP contribution in [0.4, 0.5) is 0 Å². The summed E-state index contributed by atoms with van der Waals surface area (Å²) >= 11 is 5.19. The Bertz CT molecular complexity index is 323.